The highest BCUT2D eigenvalue weighted by atomic mass is 16.5. The molecule has 0 saturated carbocycles. The maximum atomic E-state index is 13.0. The number of H-pyrrole nitrogens is 1. The van der Waals surface area contributed by atoms with E-state index in [0.717, 1.165) is 16.5 Å². The van der Waals surface area contributed by atoms with E-state index in [-0.39, 0.29) is 12.5 Å². The van der Waals surface area contributed by atoms with Gasteiger partial charge in [-0.25, -0.2) is 9.79 Å². The summed E-state index contributed by atoms with van der Waals surface area (Å²) in [6.07, 6.45) is 1.69. The molecule has 1 aromatic heterocycles. The first-order valence-electron chi connectivity index (χ1n) is 9.31. The molecule has 8 heteroatoms. The summed E-state index contributed by atoms with van der Waals surface area (Å²) in [6.45, 7) is 2.29. The number of nitrogens with one attached hydrogen (secondary N) is 3. The van der Waals surface area contributed by atoms with Crippen LogP contribution in [0.1, 0.15) is 12.5 Å². The molecule has 0 saturated heterocycles. The number of carbonyl (C=O) groups is 2. The molecule has 2 heterocycles. The zero-order valence-electron chi connectivity index (χ0n) is 15.9. The molecule has 3 aromatic rings. The standard InChI is InChI=1S/C21H21N5O3/c1-13-19(20(27)24-16-7-8-17-15(9-16)10-22-26-17)18(25-21(28)23-13)12-29-11-14-5-3-2-4-6-14/h2-10,18-19H,11-12H2,1H3,(H,22,26)(H,24,27)(H,25,28). The third-order valence-corrected chi connectivity index (χ3v) is 4.84. The number of fused-ring (bicyclic) bond motifs is 1. The second kappa shape index (κ2) is 8.24. The van der Waals surface area contributed by atoms with Gasteiger partial charge >= 0.3 is 6.03 Å². The van der Waals surface area contributed by atoms with Gasteiger partial charge in [-0.1, -0.05) is 30.3 Å². The molecule has 0 bridgehead atoms. The molecule has 2 atom stereocenters. The summed E-state index contributed by atoms with van der Waals surface area (Å²) < 4.78 is 5.77. The van der Waals surface area contributed by atoms with Crippen molar-refractivity contribution in [1.82, 2.24) is 15.5 Å². The van der Waals surface area contributed by atoms with E-state index in [1.807, 2.05) is 42.5 Å². The number of hydrogen-bond acceptors (Lipinski definition) is 4. The van der Waals surface area contributed by atoms with Crippen molar-refractivity contribution in [3.8, 4) is 0 Å². The Kier molecular flexibility index (Phi) is 5.35. The normalized spacial score (nSPS) is 18.9. The van der Waals surface area contributed by atoms with Gasteiger partial charge in [0.15, 0.2) is 0 Å². The minimum Gasteiger partial charge on any atom is -0.375 e. The van der Waals surface area contributed by atoms with Crippen molar-refractivity contribution in [3.05, 3.63) is 60.3 Å². The Balaban J connectivity index is 1.46. The molecular formula is C21H21N5O3. The molecule has 4 rings (SSSR count). The van der Waals surface area contributed by atoms with E-state index in [1.165, 1.54) is 0 Å². The molecule has 8 nitrogen and oxygen atoms in total. The molecule has 3 amide bonds. The summed E-state index contributed by atoms with van der Waals surface area (Å²) in [6, 6.07) is 14.3. The Bertz CT molecular complexity index is 1060. The van der Waals surface area contributed by atoms with Crippen molar-refractivity contribution >= 4 is 34.2 Å². The molecule has 3 N–H and O–H groups in total. The molecule has 0 spiro atoms. The van der Waals surface area contributed by atoms with E-state index in [4.69, 9.17) is 4.74 Å². The van der Waals surface area contributed by atoms with Gasteiger partial charge in [-0.15, -0.1) is 0 Å². The van der Waals surface area contributed by atoms with Crippen LogP contribution in [0.4, 0.5) is 10.5 Å². The smallest absolute Gasteiger partial charge is 0.341 e. The van der Waals surface area contributed by atoms with Gasteiger partial charge in [0.05, 0.1) is 36.9 Å². The minimum atomic E-state index is -0.622. The van der Waals surface area contributed by atoms with E-state index in [1.54, 1.807) is 19.2 Å². The van der Waals surface area contributed by atoms with Gasteiger partial charge in [-0.2, -0.15) is 5.10 Å². The van der Waals surface area contributed by atoms with Crippen molar-refractivity contribution < 1.29 is 14.3 Å². The summed E-state index contributed by atoms with van der Waals surface area (Å²) >= 11 is 0. The van der Waals surface area contributed by atoms with Gasteiger partial charge in [-0.3, -0.25) is 9.89 Å². The Labute approximate surface area is 167 Å². The number of urea groups is 1. The van der Waals surface area contributed by atoms with Crippen molar-refractivity contribution in [2.75, 3.05) is 11.9 Å². The summed E-state index contributed by atoms with van der Waals surface area (Å²) in [5.41, 5.74) is 3.02. The fraction of sp³-hybridized carbons (Fsp3) is 0.238. The van der Waals surface area contributed by atoms with Gasteiger partial charge in [0.1, 0.15) is 0 Å². The fourth-order valence-corrected chi connectivity index (χ4v) is 3.42. The van der Waals surface area contributed by atoms with Crippen LogP contribution in [-0.2, 0) is 16.1 Å². The predicted octanol–water partition coefficient (Wildman–Crippen LogP) is 2.89. The number of ether oxygens (including phenoxy) is 1. The number of aromatic amines is 1. The lowest BCUT2D eigenvalue weighted by Gasteiger charge is -2.29. The zero-order chi connectivity index (χ0) is 20.2. The second-order valence-corrected chi connectivity index (χ2v) is 6.95. The lowest BCUT2D eigenvalue weighted by molar-refractivity contribution is -0.119. The van der Waals surface area contributed by atoms with Gasteiger partial charge < -0.3 is 15.4 Å². The molecule has 0 fully saturated rings. The van der Waals surface area contributed by atoms with Crippen LogP contribution in [0.15, 0.2) is 59.7 Å². The van der Waals surface area contributed by atoms with Crippen molar-refractivity contribution in [3.63, 3.8) is 0 Å². The topological polar surface area (TPSA) is 108 Å². The van der Waals surface area contributed by atoms with Gasteiger partial charge in [0.2, 0.25) is 5.91 Å². The number of aliphatic imine (C=N–C) groups is 1. The minimum absolute atomic E-state index is 0.201. The number of rotatable bonds is 6. The molecule has 0 radical (unpaired) electrons. The van der Waals surface area contributed by atoms with Crippen LogP contribution >= 0.6 is 0 Å². The van der Waals surface area contributed by atoms with E-state index in [0.29, 0.717) is 18.0 Å². The number of carbonyl (C=O) groups excluding carboxylic acids is 2. The van der Waals surface area contributed by atoms with Crippen LogP contribution in [0.2, 0.25) is 0 Å². The number of amides is 3. The number of nitrogens with zero attached hydrogens (tertiary/aromatic N) is 2. The maximum Gasteiger partial charge on any atom is 0.341 e. The molecule has 1 aliphatic heterocycles. The van der Waals surface area contributed by atoms with E-state index in [2.05, 4.69) is 25.8 Å². The van der Waals surface area contributed by atoms with Gasteiger partial charge in [-0.05, 0) is 30.7 Å². The summed E-state index contributed by atoms with van der Waals surface area (Å²) in [4.78, 5) is 28.8. The first-order chi connectivity index (χ1) is 14.1. The molecular weight excluding hydrogens is 370 g/mol. The monoisotopic (exact) mass is 391 g/mol. The van der Waals surface area contributed by atoms with E-state index < -0.39 is 18.0 Å². The molecule has 0 aliphatic carbocycles. The summed E-state index contributed by atoms with van der Waals surface area (Å²) in [5.74, 6) is -0.870. The third kappa shape index (κ3) is 4.33. The highest BCUT2D eigenvalue weighted by Crippen LogP contribution is 2.20. The van der Waals surface area contributed by atoms with Gasteiger partial charge in [0.25, 0.3) is 0 Å². The molecule has 148 valence electrons. The average Bonchev–Trinajstić information content (AvgIpc) is 3.16. The largest absolute Gasteiger partial charge is 0.375 e. The highest BCUT2D eigenvalue weighted by Gasteiger charge is 2.36. The van der Waals surface area contributed by atoms with Crippen LogP contribution in [-0.4, -0.2) is 40.5 Å². The zero-order valence-corrected chi connectivity index (χ0v) is 15.9. The number of anilines is 1. The fourth-order valence-electron chi connectivity index (χ4n) is 3.42. The molecule has 2 aromatic carbocycles. The Hall–Kier alpha value is -3.52. The van der Waals surface area contributed by atoms with E-state index in [9.17, 15) is 9.59 Å². The average molecular weight is 391 g/mol. The van der Waals surface area contributed by atoms with Crippen molar-refractivity contribution in [1.29, 1.82) is 0 Å². The Morgan fingerprint density at radius 3 is 2.86 bits per heavy atom. The summed E-state index contributed by atoms with van der Waals surface area (Å²) in [5, 5.41) is 13.4. The first-order valence-corrected chi connectivity index (χ1v) is 9.31. The second-order valence-electron chi connectivity index (χ2n) is 6.95. The first kappa shape index (κ1) is 18.8. The van der Waals surface area contributed by atoms with E-state index >= 15 is 0 Å². The van der Waals surface area contributed by atoms with Crippen molar-refractivity contribution in [2.45, 2.75) is 19.6 Å². The molecule has 1 aliphatic rings. The number of benzene rings is 2. The van der Waals surface area contributed by atoms with Crippen LogP contribution in [0.25, 0.3) is 10.9 Å². The summed E-state index contributed by atoms with van der Waals surface area (Å²) in [7, 11) is 0. The lowest BCUT2D eigenvalue weighted by atomic mass is 9.93. The SMILES string of the molecule is CC1=NC(=O)NC(COCc2ccccc2)C1C(=O)Nc1ccc2[nH]ncc2c1. The third-order valence-electron chi connectivity index (χ3n) is 4.84. The van der Waals surface area contributed by atoms with Gasteiger partial charge in [0, 0.05) is 16.8 Å². The molecule has 29 heavy (non-hydrogen) atoms. The lowest BCUT2D eigenvalue weighted by Crippen LogP contribution is -2.53. The Morgan fingerprint density at radius 1 is 1.21 bits per heavy atom. The maximum absolute atomic E-state index is 13.0. The predicted molar refractivity (Wildman–Crippen MR) is 110 cm³/mol. The van der Waals surface area contributed by atoms with Crippen LogP contribution in [0, 0.1) is 5.92 Å². The van der Waals surface area contributed by atoms with Crippen LogP contribution in [0.3, 0.4) is 0 Å². The van der Waals surface area contributed by atoms with Crippen LogP contribution in [0.5, 0.6) is 0 Å². The highest BCUT2D eigenvalue weighted by molar-refractivity contribution is 6.13. The number of hydrogen-bond donors (Lipinski definition) is 3. The quantitative estimate of drug-likeness (QED) is 0.600. The number of aromatic nitrogens is 2. The molecule has 2 unspecified atom stereocenters. The van der Waals surface area contributed by atoms with Crippen molar-refractivity contribution in [2.24, 2.45) is 10.9 Å². The van der Waals surface area contributed by atoms with Crippen LogP contribution < -0.4 is 10.6 Å². The Morgan fingerprint density at radius 2 is 2.03 bits per heavy atom.